The van der Waals surface area contributed by atoms with Gasteiger partial charge >= 0.3 is 0 Å². The smallest absolute Gasteiger partial charge is 0.246 e. The van der Waals surface area contributed by atoms with Crippen molar-refractivity contribution in [3.05, 3.63) is 53.2 Å². The molecular weight excluding hydrogens is 363 g/mol. The third-order valence-electron chi connectivity index (χ3n) is 4.99. The van der Waals surface area contributed by atoms with Crippen molar-refractivity contribution in [2.24, 2.45) is 5.92 Å². The van der Waals surface area contributed by atoms with E-state index < -0.39 is 0 Å². The van der Waals surface area contributed by atoms with Crippen LogP contribution in [0.4, 0.5) is 4.39 Å². The minimum atomic E-state index is -0.246. The van der Waals surface area contributed by atoms with Crippen molar-refractivity contribution in [1.29, 1.82) is 0 Å². The van der Waals surface area contributed by atoms with Crippen LogP contribution in [0.15, 0.2) is 42.5 Å². The third-order valence-corrected chi connectivity index (χ3v) is 6.07. The summed E-state index contributed by atoms with van der Waals surface area (Å²) in [5.41, 5.74) is 0.574. The van der Waals surface area contributed by atoms with Crippen molar-refractivity contribution in [1.82, 2.24) is 9.80 Å². The third kappa shape index (κ3) is 4.11. The lowest BCUT2D eigenvalue weighted by Crippen LogP contribution is -2.50. The van der Waals surface area contributed by atoms with E-state index in [1.54, 1.807) is 29.2 Å². The summed E-state index contributed by atoms with van der Waals surface area (Å²) in [5, 5.41) is 0. The lowest BCUT2D eigenvalue weighted by Gasteiger charge is -2.34. The predicted octanol–water partition coefficient (Wildman–Crippen LogP) is 3.65. The van der Waals surface area contributed by atoms with Crippen molar-refractivity contribution in [2.75, 3.05) is 26.2 Å². The van der Waals surface area contributed by atoms with Gasteiger partial charge in [-0.25, -0.2) is 4.39 Å². The van der Waals surface area contributed by atoms with E-state index in [4.69, 9.17) is 0 Å². The van der Waals surface area contributed by atoms with Crippen LogP contribution in [0.5, 0.6) is 0 Å². The van der Waals surface area contributed by atoms with Gasteiger partial charge in [0.05, 0.1) is 0 Å². The van der Waals surface area contributed by atoms with Crippen LogP contribution in [0, 0.1) is 11.7 Å². The number of amides is 2. The summed E-state index contributed by atoms with van der Waals surface area (Å²) >= 11 is 1.45. The molecule has 4 rings (SSSR count). The number of carbonyl (C=O) groups excluding carboxylic acids is 2. The highest BCUT2D eigenvalue weighted by molar-refractivity contribution is 7.16. The summed E-state index contributed by atoms with van der Waals surface area (Å²) in [7, 11) is 0. The van der Waals surface area contributed by atoms with Crippen LogP contribution < -0.4 is 0 Å². The Morgan fingerprint density at radius 1 is 1.00 bits per heavy atom. The quantitative estimate of drug-likeness (QED) is 0.755. The SMILES string of the molecule is O=C(/C=C/c1ccc(-c2ccccc2F)s1)N1CCN(C(=O)C2CC2)CC1. The molecule has 0 spiro atoms. The van der Waals surface area contributed by atoms with Gasteiger partial charge in [0.1, 0.15) is 5.82 Å². The largest absolute Gasteiger partial charge is 0.339 e. The van der Waals surface area contributed by atoms with Gasteiger partial charge in [-0.15, -0.1) is 11.3 Å². The Labute approximate surface area is 161 Å². The summed E-state index contributed by atoms with van der Waals surface area (Å²) in [4.78, 5) is 29.9. The van der Waals surface area contributed by atoms with E-state index in [2.05, 4.69) is 0 Å². The van der Waals surface area contributed by atoms with E-state index >= 15 is 0 Å². The van der Waals surface area contributed by atoms with Crippen LogP contribution in [0.3, 0.4) is 0 Å². The van der Waals surface area contributed by atoms with Crippen LogP contribution in [-0.2, 0) is 9.59 Å². The Morgan fingerprint density at radius 3 is 2.41 bits per heavy atom. The van der Waals surface area contributed by atoms with E-state index in [9.17, 15) is 14.0 Å². The van der Waals surface area contributed by atoms with Crippen molar-refractivity contribution in [2.45, 2.75) is 12.8 Å². The van der Waals surface area contributed by atoms with E-state index in [1.807, 2.05) is 23.1 Å². The number of hydrogen-bond donors (Lipinski definition) is 0. The van der Waals surface area contributed by atoms with E-state index in [0.29, 0.717) is 31.7 Å². The Hall–Kier alpha value is -2.47. The normalized spacial score (nSPS) is 17.5. The number of thiophene rings is 1. The Kier molecular flexibility index (Phi) is 5.07. The molecule has 0 bridgehead atoms. The summed E-state index contributed by atoms with van der Waals surface area (Å²) in [6.45, 7) is 2.38. The fourth-order valence-electron chi connectivity index (χ4n) is 3.24. The second kappa shape index (κ2) is 7.64. The summed E-state index contributed by atoms with van der Waals surface area (Å²) in [6, 6.07) is 10.4. The first-order chi connectivity index (χ1) is 13.1. The molecule has 2 heterocycles. The second-order valence-electron chi connectivity index (χ2n) is 6.94. The summed E-state index contributed by atoms with van der Waals surface area (Å²) < 4.78 is 13.9. The van der Waals surface area contributed by atoms with Gasteiger partial charge in [0.25, 0.3) is 0 Å². The molecule has 1 aromatic carbocycles. The van der Waals surface area contributed by atoms with Gasteiger partial charge in [0.15, 0.2) is 0 Å². The number of hydrogen-bond acceptors (Lipinski definition) is 3. The molecule has 1 saturated heterocycles. The Balaban J connectivity index is 1.34. The highest BCUT2D eigenvalue weighted by atomic mass is 32.1. The number of carbonyl (C=O) groups is 2. The first-order valence-corrected chi connectivity index (χ1v) is 10.0. The van der Waals surface area contributed by atoms with Crippen LogP contribution in [0.25, 0.3) is 16.5 Å². The first-order valence-electron chi connectivity index (χ1n) is 9.22. The van der Waals surface area contributed by atoms with E-state index in [1.165, 1.54) is 17.4 Å². The molecule has 140 valence electrons. The fourth-order valence-corrected chi connectivity index (χ4v) is 4.18. The summed E-state index contributed by atoms with van der Waals surface area (Å²) in [6.07, 6.45) is 5.36. The molecule has 0 unspecified atom stereocenters. The molecule has 0 radical (unpaired) electrons. The van der Waals surface area contributed by atoms with Gasteiger partial charge in [-0.2, -0.15) is 0 Å². The maximum absolute atomic E-state index is 13.9. The van der Waals surface area contributed by atoms with Crippen molar-refractivity contribution in [3.63, 3.8) is 0 Å². The topological polar surface area (TPSA) is 40.6 Å². The number of benzene rings is 1. The number of nitrogens with zero attached hydrogens (tertiary/aromatic N) is 2. The Bertz CT molecular complexity index is 880. The zero-order valence-electron chi connectivity index (χ0n) is 14.9. The van der Waals surface area contributed by atoms with E-state index in [0.717, 1.165) is 22.6 Å². The van der Waals surface area contributed by atoms with Gasteiger partial charge in [-0.3, -0.25) is 9.59 Å². The van der Waals surface area contributed by atoms with Crippen molar-refractivity contribution < 1.29 is 14.0 Å². The van der Waals surface area contributed by atoms with Gasteiger partial charge in [-0.1, -0.05) is 18.2 Å². The minimum Gasteiger partial charge on any atom is -0.339 e. The molecule has 27 heavy (non-hydrogen) atoms. The lowest BCUT2D eigenvalue weighted by molar-refractivity contribution is -0.138. The highest BCUT2D eigenvalue weighted by Gasteiger charge is 2.34. The maximum atomic E-state index is 13.9. The molecule has 2 amide bonds. The van der Waals surface area contributed by atoms with Crippen LogP contribution in [-0.4, -0.2) is 47.8 Å². The molecule has 1 aliphatic carbocycles. The van der Waals surface area contributed by atoms with Crippen LogP contribution in [0.2, 0.25) is 0 Å². The average Bonchev–Trinajstić information content (AvgIpc) is 3.44. The van der Waals surface area contributed by atoms with Crippen LogP contribution >= 0.6 is 11.3 Å². The van der Waals surface area contributed by atoms with Gasteiger partial charge in [-0.05, 0) is 37.1 Å². The van der Waals surface area contributed by atoms with E-state index in [-0.39, 0.29) is 23.5 Å². The van der Waals surface area contributed by atoms with Crippen LogP contribution in [0.1, 0.15) is 17.7 Å². The zero-order chi connectivity index (χ0) is 18.8. The van der Waals surface area contributed by atoms with Crippen molar-refractivity contribution >= 4 is 29.2 Å². The fraction of sp³-hybridized carbons (Fsp3) is 0.333. The molecule has 6 heteroatoms. The molecule has 1 saturated carbocycles. The molecule has 1 aliphatic heterocycles. The molecule has 4 nitrogen and oxygen atoms in total. The number of piperazine rings is 1. The predicted molar refractivity (Wildman–Crippen MR) is 105 cm³/mol. The molecule has 2 aromatic rings. The van der Waals surface area contributed by atoms with Gasteiger partial charge in [0.2, 0.25) is 11.8 Å². The molecular formula is C21H21FN2O2S. The standard InChI is InChI=1S/C21H21FN2O2S/c22-18-4-2-1-3-17(18)19-9-7-16(27-19)8-10-20(25)23-11-13-24(14-12-23)21(26)15-5-6-15/h1-4,7-10,15H,5-6,11-14H2/b10-8+. The average molecular weight is 384 g/mol. The first kappa shape index (κ1) is 17.9. The van der Waals surface area contributed by atoms with Crippen molar-refractivity contribution in [3.8, 4) is 10.4 Å². The second-order valence-corrected chi connectivity index (χ2v) is 8.06. The molecule has 0 atom stereocenters. The maximum Gasteiger partial charge on any atom is 0.246 e. The Morgan fingerprint density at radius 2 is 1.70 bits per heavy atom. The molecule has 0 N–H and O–H groups in total. The zero-order valence-corrected chi connectivity index (χ0v) is 15.8. The molecule has 2 fully saturated rings. The number of halogens is 1. The number of rotatable bonds is 4. The lowest BCUT2D eigenvalue weighted by atomic mass is 10.2. The molecule has 1 aromatic heterocycles. The van der Waals surface area contributed by atoms with Gasteiger partial charge in [0, 0.05) is 53.5 Å². The minimum absolute atomic E-state index is 0.0469. The highest BCUT2D eigenvalue weighted by Crippen LogP contribution is 2.32. The summed E-state index contributed by atoms with van der Waals surface area (Å²) in [5.74, 6) is 0.186. The van der Waals surface area contributed by atoms with Gasteiger partial charge < -0.3 is 9.80 Å². The molecule has 2 aliphatic rings. The monoisotopic (exact) mass is 384 g/mol.